The second kappa shape index (κ2) is 5.33. The molecule has 0 radical (unpaired) electrons. The van der Waals surface area contributed by atoms with E-state index in [-0.39, 0.29) is 0 Å². The standard InChI is InChI=1S/C12H19NO2/c1-10(12-5-3-7-15-12)13-8-11-4-2-6-14-9-11/h3,5,7,10-11,13H,2,4,6,8-9H2,1H3. The monoisotopic (exact) mass is 209 g/mol. The number of hydrogen-bond donors (Lipinski definition) is 1. The first kappa shape index (κ1) is 10.7. The van der Waals surface area contributed by atoms with Crippen molar-refractivity contribution in [2.24, 2.45) is 5.92 Å². The molecule has 84 valence electrons. The Morgan fingerprint density at radius 1 is 1.60 bits per heavy atom. The van der Waals surface area contributed by atoms with Crippen molar-refractivity contribution in [1.29, 1.82) is 0 Å². The van der Waals surface area contributed by atoms with E-state index in [2.05, 4.69) is 12.2 Å². The topological polar surface area (TPSA) is 34.4 Å². The molecule has 1 saturated heterocycles. The second-order valence-electron chi connectivity index (χ2n) is 4.23. The van der Waals surface area contributed by atoms with Gasteiger partial charge in [-0.25, -0.2) is 0 Å². The highest BCUT2D eigenvalue weighted by Crippen LogP contribution is 2.16. The smallest absolute Gasteiger partial charge is 0.120 e. The summed E-state index contributed by atoms with van der Waals surface area (Å²) in [6.45, 7) is 4.98. The number of furan rings is 1. The van der Waals surface area contributed by atoms with Gasteiger partial charge in [-0.3, -0.25) is 0 Å². The molecule has 3 heteroatoms. The molecule has 1 aromatic heterocycles. The fourth-order valence-corrected chi connectivity index (χ4v) is 1.95. The van der Waals surface area contributed by atoms with Crippen LogP contribution in [0.4, 0.5) is 0 Å². The van der Waals surface area contributed by atoms with E-state index in [0.29, 0.717) is 12.0 Å². The predicted octanol–water partition coefficient (Wildman–Crippen LogP) is 2.36. The molecule has 0 aromatic carbocycles. The maximum Gasteiger partial charge on any atom is 0.120 e. The highest BCUT2D eigenvalue weighted by Gasteiger charge is 2.15. The van der Waals surface area contributed by atoms with Crippen molar-refractivity contribution in [2.45, 2.75) is 25.8 Å². The van der Waals surface area contributed by atoms with E-state index >= 15 is 0 Å². The molecule has 2 atom stereocenters. The zero-order valence-corrected chi connectivity index (χ0v) is 9.24. The summed E-state index contributed by atoms with van der Waals surface area (Å²) in [6.07, 6.45) is 4.19. The van der Waals surface area contributed by atoms with Crippen molar-refractivity contribution in [1.82, 2.24) is 5.32 Å². The quantitative estimate of drug-likeness (QED) is 0.826. The second-order valence-corrected chi connectivity index (χ2v) is 4.23. The molecule has 1 aliphatic heterocycles. The average molecular weight is 209 g/mol. The fraction of sp³-hybridized carbons (Fsp3) is 0.667. The first-order valence-corrected chi connectivity index (χ1v) is 5.71. The van der Waals surface area contributed by atoms with Gasteiger partial charge in [0.15, 0.2) is 0 Å². The molecule has 2 heterocycles. The van der Waals surface area contributed by atoms with E-state index in [9.17, 15) is 0 Å². The maximum atomic E-state index is 5.44. The summed E-state index contributed by atoms with van der Waals surface area (Å²) in [6, 6.07) is 4.23. The highest BCUT2D eigenvalue weighted by molar-refractivity contribution is 5.02. The molecule has 3 nitrogen and oxygen atoms in total. The number of nitrogens with one attached hydrogen (secondary N) is 1. The Labute approximate surface area is 90.8 Å². The highest BCUT2D eigenvalue weighted by atomic mass is 16.5. The van der Waals surface area contributed by atoms with E-state index < -0.39 is 0 Å². The van der Waals surface area contributed by atoms with Gasteiger partial charge in [0, 0.05) is 13.2 Å². The Morgan fingerprint density at radius 3 is 3.20 bits per heavy atom. The minimum atomic E-state index is 0.293. The van der Waals surface area contributed by atoms with Crippen LogP contribution in [0.3, 0.4) is 0 Å². The van der Waals surface area contributed by atoms with Crippen LogP contribution >= 0.6 is 0 Å². The zero-order chi connectivity index (χ0) is 10.5. The molecule has 0 saturated carbocycles. The lowest BCUT2D eigenvalue weighted by Crippen LogP contribution is -2.30. The van der Waals surface area contributed by atoms with E-state index in [0.717, 1.165) is 25.5 Å². The minimum Gasteiger partial charge on any atom is -0.468 e. The van der Waals surface area contributed by atoms with Gasteiger partial charge in [0.2, 0.25) is 0 Å². The summed E-state index contributed by atoms with van der Waals surface area (Å²) in [4.78, 5) is 0. The van der Waals surface area contributed by atoms with Crippen molar-refractivity contribution in [3.05, 3.63) is 24.2 Å². The maximum absolute atomic E-state index is 5.44. The fourth-order valence-electron chi connectivity index (χ4n) is 1.95. The van der Waals surface area contributed by atoms with E-state index in [1.54, 1.807) is 6.26 Å². The third kappa shape index (κ3) is 3.08. The van der Waals surface area contributed by atoms with Gasteiger partial charge in [-0.2, -0.15) is 0 Å². The summed E-state index contributed by atoms with van der Waals surface area (Å²) in [5, 5.41) is 3.48. The Morgan fingerprint density at radius 2 is 2.53 bits per heavy atom. The van der Waals surface area contributed by atoms with Crippen molar-refractivity contribution < 1.29 is 9.15 Å². The molecule has 1 aliphatic rings. The molecule has 1 N–H and O–H groups in total. The van der Waals surface area contributed by atoms with Crippen LogP contribution in [0.2, 0.25) is 0 Å². The summed E-state index contributed by atoms with van der Waals surface area (Å²) in [5.74, 6) is 1.67. The van der Waals surface area contributed by atoms with Crippen molar-refractivity contribution in [2.75, 3.05) is 19.8 Å². The molecule has 0 aliphatic carbocycles. The summed E-state index contributed by atoms with van der Waals surface area (Å²) >= 11 is 0. The van der Waals surface area contributed by atoms with Gasteiger partial charge >= 0.3 is 0 Å². The van der Waals surface area contributed by atoms with Crippen LogP contribution in [0.1, 0.15) is 31.6 Å². The van der Waals surface area contributed by atoms with Crippen molar-refractivity contribution in [3.8, 4) is 0 Å². The third-order valence-electron chi connectivity index (χ3n) is 2.94. The molecule has 1 aromatic rings. The number of rotatable bonds is 4. The van der Waals surface area contributed by atoms with Gasteiger partial charge in [-0.1, -0.05) is 0 Å². The first-order chi connectivity index (χ1) is 7.36. The minimum absolute atomic E-state index is 0.293. The van der Waals surface area contributed by atoms with Gasteiger partial charge in [0.1, 0.15) is 5.76 Å². The lowest BCUT2D eigenvalue weighted by atomic mass is 10.0. The molecule has 0 spiro atoms. The summed E-state index contributed by atoms with van der Waals surface area (Å²) in [7, 11) is 0. The largest absolute Gasteiger partial charge is 0.468 e. The van der Waals surface area contributed by atoms with E-state index in [1.165, 1.54) is 12.8 Å². The molecule has 2 rings (SSSR count). The van der Waals surface area contributed by atoms with Gasteiger partial charge < -0.3 is 14.5 Å². The predicted molar refractivity (Wildman–Crippen MR) is 58.7 cm³/mol. The van der Waals surface area contributed by atoms with Crippen molar-refractivity contribution in [3.63, 3.8) is 0 Å². The molecule has 1 fully saturated rings. The SMILES string of the molecule is CC(NCC1CCCOC1)c1ccco1. The summed E-state index contributed by atoms with van der Waals surface area (Å²) < 4.78 is 10.8. The summed E-state index contributed by atoms with van der Waals surface area (Å²) in [5.41, 5.74) is 0. The lowest BCUT2D eigenvalue weighted by Gasteiger charge is -2.23. The molecule has 15 heavy (non-hydrogen) atoms. The van der Waals surface area contributed by atoms with Crippen molar-refractivity contribution >= 4 is 0 Å². The van der Waals surface area contributed by atoms with Gasteiger partial charge in [0.05, 0.1) is 18.9 Å². The zero-order valence-electron chi connectivity index (χ0n) is 9.24. The van der Waals surface area contributed by atoms with Crippen LogP contribution in [0, 0.1) is 5.92 Å². The van der Waals surface area contributed by atoms with Crippen LogP contribution in [0.25, 0.3) is 0 Å². The van der Waals surface area contributed by atoms with Crippen LogP contribution in [-0.2, 0) is 4.74 Å². The molecule has 0 amide bonds. The molecule has 2 unspecified atom stereocenters. The van der Waals surface area contributed by atoms with Gasteiger partial charge in [-0.15, -0.1) is 0 Å². The van der Waals surface area contributed by atoms with Crippen LogP contribution < -0.4 is 5.32 Å². The number of ether oxygens (including phenoxy) is 1. The van der Waals surface area contributed by atoms with E-state index in [4.69, 9.17) is 9.15 Å². The Kier molecular flexibility index (Phi) is 3.80. The first-order valence-electron chi connectivity index (χ1n) is 5.71. The Bertz CT molecular complexity index is 265. The van der Waals surface area contributed by atoms with Crippen LogP contribution in [0.15, 0.2) is 22.8 Å². The van der Waals surface area contributed by atoms with Crippen LogP contribution in [0.5, 0.6) is 0 Å². The molecule has 0 bridgehead atoms. The normalized spacial score (nSPS) is 23.9. The van der Waals surface area contributed by atoms with Crippen LogP contribution in [-0.4, -0.2) is 19.8 Å². The van der Waals surface area contributed by atoms with Gasteiger partial charge in [-0.05, 0) is 37.8 Å². The number of hydrogen-bond acceptors (Lipinski definition) is 3. The third-order valence-corrected chi connectivity index (χ3v) is 2.94. The van der Waals surface area contributed by atoms with E-state index in [1.807, 2.05) is 12.1 Å². The Balaban J connectivity index is 1.73. The lowest BCUT2D eigenvalue weighted by molar-refractivity contribution is 0.0537. The Hall–Kier alpha value is -0.800. The molecular formula is C12H19NO2. The van der Waals surface area contributed by atoms with Gasteiger partial charge in [0.25, 0.3) is 0 Å². The molecular weight excluding hydrogens is 190 g/mol. The average Bonchev–Trinajstić information content (AvgIpc) is 2.81.